The van der Waals surface area contributed by atoms with Crippen molar-refractivity contribution in [3.05, 3.63) is 46.2 Å². The molecule has 4 nitrogen and oxygen atoms in total. The average molecular weight is 300 g/mol. The Morgan fingerprint density at radius 1 is 1.27 bits per heavy atom. The molecule has 0 radical (unpaired) electrons. The van der Waals surface area contributed by atoms with Gasteiger partial charge < -0.3 is 9.88 Å². The summed E-state index contributed by atoms with van der Waals surface area (Å²) in [6, 6.07) is 9.68. The maximum absolute atomic E-state index is 12.3. The lowest BCUT2D eigenvalue weighted by Crippen LogP contribution is -2.29. The largest absolute Gasteiger partial charge is 0.356 e. The van der Waals surface area contributed by atoms with Gasteiger partial charge in [0.25, 0.3) is 5.56 Å². The summed E-state index contributed by atoms with van der Waals surface area (Å²) in [6.45, 7) is 7.18. The van der Waals surface area contributed by atoms with Crippen molar-refractivity contribution < 1.29 is 4.79 Å². The number of nitrogens with zero attached hydrogens (tertiary/aromatic N) is 1. The molecular weight excluding hydrogens is 276 g/mol. The van der Waals surface area contributed by atoms with Gasteiger partial charge in [-0.25, -0.2) is 0 Å². The van der Waals surface area contributed by atoms with Crippen molar-refractivity contribution in [2.45, 2.75) is 40.2 Å². The number of fused-ring (bicyclic) bond motifs is 1. The first-order valence-corrected chi connectivity index (χ1v) is 7.85. The highest BCUT2D eigenvalue weighted by Gasteiger charge is 2.08. The lowest BCUT2D eigenvalue weighted by molar-refractivity contribution is -0.121. The number of carbonyl (C=O) groups is 1. The molecule has 0 saturated carbocycles. The van der Waals surface area contributed by atoms with Crippen LogP contribution in [0.2, 0.25) is 0 Å². The summed E-state index contributed by atoms with van der Waals surface area (Å²) in [5.74, 6) is 0.571. The second-order valence-corrected chi connectivity index (χ2v) is 6.13. The van der Waals surface area contributed by atoms with Gasteiger partial charge in [0.2, 0.25) is 5.91 Å². The number of nitrogens with one attached hydrogen (secondary N) is 1. The summed E-state index contributed by atoms with van der Waals surface area (Å²) < 4.78 is 1.70. The molecule has 0 spiro atoms. The standard InChI is InChI=1S/C18H24N2O2/c1-13(2)8-10-19-17(21)9-11-20-16-7-5-4-6-15(16)12-14(3)18(20)22/h4-7,12-13H,8-11H2,1-3H3,(H,19,21). The molecule has 4 heteroatoms. The molecule has 2 aromatic rings. The second kappa shape index (κ2) is 7.25. The fraction of sp³-hybridized carbons (Fsp3) is 0.444. The van der Waals surface area contributed by atoms with Crippen molar-refractivity contribution in [3.8, 4) is 0 Å². The van der Waals surface area contributed by atoms with Crippen molar-refractivity contribution >= 4 is 16.8 Å². The predicted octanol–water partition coefficient (Wildman–Crippen LogP) is 2.86. The number of benzene rings is 1. The highest BCUT2D eigenvalue weighted by molar-refractivity contribution is 5.80. The fourth-order valence-corrected chi connectivity index (χ4v) is 2.50. The van der Waals surface area contributed by atoms with E-state index < -0.39 is 0 Å². The fourth-order valence-electron chi connectivity index (χ4n) is 2.50. The average Bonchev–Trinajstić information content (AvgIpc) is 2.47. The van der Waals surface area contributed by atoms with E-state index in [0.29, 0.717) is 31.0 Å². The number of aromatic nitrogens is 1. The highest BCUT2D eigenvalue weighted by atomic mass is 16.1. The van der Waals surface area contributed by atoms with Gasteiger partial charge in [-0.05, 0) is 36.8 Å². The molecule has 1 heterocycles. The Balaban J connectivity index is 2.10. The van der Waals surface area contributed by atoms with Gasteiger partial charge in [0.1, 0.15) is 0 Å². The number of amides is 1. The molecule has 118 valence electrons. The molecule has 1 N–H and O–H groups in total. The molecule has 2 rings (SSSR count). The van der Waals surface area contributed by atoms with E-state index in [2.05, 4.69) is 19.2 Å². The van der Waals surface area contributed by atoms with Crippen LogP contribution in [-0.2, 0) is 11.3 Å². The number of hydrogen-bond acceptors (Lipinski definition) is 2. The smallest absolute Gasteiger partial charge is 0.253 e. The number of aryl methyl sites for hydroxylation is 2. The Morgan fingerprint density at radius 2 is 2.00 bits per heavy atom. The van der Waals surface area contributed by atoms with Crippen LogP contribution in [0.15, 0.2) is 35.1 Å². The lowest BCUT2D eigenvalue weighted by atomic mass is 10.1. The van der Waals surface area contributed by atoms with Crippen LogP contribution in [-0.4, -0.2) is 17.0 Å². The van der Waals surface area contributed by atoms with Crippen LogP contribution in [0.3, 0.4) is 0 Å². The maximum atomic E-state index is 12.3. The number of carbonyl (C=O) groups excluding carboxylic acids is 1. The van der Waals surface area contributed by atoms with E-state index in [4.69, 9.17) is 0 Å². The minimum Gasteiger partial charge on any atom is -0.356 e. The van der Waals surface area contributed by atoms with Crippen LogP contribution in [0.25, 0.3) is 10.9 Å². The Kier molecular flexibility index (Phi) is 5.36. The first kappa shape index (κ1) is 16.3. The first-order chi connectivity index (χ1) is 10.5. The van der Waals surface area contributed by atoms with Gasteiger partial charge in [0, 0.05) is 25.1 Å². The summed E-state index contributed by atoms with van der Waals surface area (Å²) in [5.41, 5.74) is 1.57. The van der Waals surface area contributed by atoms with Gasteiger partial charge in [-0.15, -0.1) is 0 Å². The van der Waals surface area contributed by atoms with Gasteiger partial charge in [-0.3, -0.25) is 9.59 Å². The minimum absolute atomic E-state index is 0.00172. The predicted molar refractivity (Wildman–Crippen MR) is 90.0 cm³/mol. The van der Waals surface area contributed by atoms with Crippen LogP contribution in [0, 0.1) is 12.8 Å². The third kappa shape index (κ3) is 3.97. The van der Waals surface area contributed by atoms with E-state index in [1.165, 1.54) is 0 Å². The molecule has 0 saturated heterocycles. The number of rotatable bonds is 6. The summed E-state index contributed by atoms with van der Waals surface area (Å²) in [5, 5.41) is 3.94. The van der Waals surface area contributed by atoms with Gasteiger partial charge in [0.05, 0.1) is 5.52 Å². The minimum atomic E-state index is -0.0197. The van der Waals surface area contributed by atoms with Crippen molar-refractivity contribution in [2.75, 3.05) is 6.54 Å². The number of hydrogen-bond donors (Lipinski definition) is 1. The molecule has 0 bridgehead atoms. The quantitative estimate of drug-likeness (QED) is 0.892. The van der Waals surface area contributed by atoms with Gasteiger partial charge in [0.15, 0.2) is 0 Å². The van der Waals surface area contributed by atoms with Gasteiger partial charge >= 0.3 is 0 Å². The van der Waals surface area contributed by atoms with Crippen LogP contribution >= 0.6 is 0 Å². The molecule has 1 amide bonds. The Morgan fingerprint density at radius 3 is 2.73 bits per heavy atom. The van der Waals surface area contributed by atoms with Crippen LogP contribution in [0.5, 0.6) is 0 Å². The van der Waals surface area contributed by atoms with Crippen molar-refractivity contribution in [1.29, 1.82) is 0 Å². The highest BCUT2D eigenvalue weighted by Crippen LogP contribution is 2.13. The summed E-state index contributed by atoms with van der Waals surface area (Å²) in [7, 11) is 0. The SMILES string of the molecule is Cc1cc2ccccc2n(CCC(=O)NCCC(C)C)c1=O. The Bertz CT molecular complexity index is 717. The molecule has 0 fully saturated rings. The second-order valence-electron chi connectivity index (χ2n) is 6.13. The monoisotopic (exact) mass is 300 g/mol. The first-order valence-electron chi connectivity index (χ1n) is 7.85. The zero-order chi connectivity index (χ0) is 16.1. The van der Waals surface area contributed by atoms with Crippen LogP contribution in [0.1, 0.15) is 32.3 Å². The topological polar surface area (TPSA) is 51.1 Å². The molecule has 1 aromatic carbocycles. The van der Waals surface area contributed by atoms with Crippen molar-refractivity contribution in [3.63, 3.8) is 0 Å². The molecule has 0 aliphatic heterocycles. The van der Waals surface area contributed by atoms with E-state index in [1.807, 2.05) is 37.3 Å². The molecule has 0 atom stereocenters. The summed E-state index contributed by atoms with van der Waals surface area (Å²) >= 11 is 0. The van der Waals surface area contributed by atoms with Crippen LogP contribution in [0.4, 0.5) is 0 Å². The number of pyridine rings is 1. The molecule has 22 heavy (non-hydrogen) atoms. The zero-order valence-corrected chi connectivity index (χ0v) is 13.6. The number of para-hydroxylation sites is 1. The zero-order valence-electron chi connectivity index (χ0n) is 13.6. The molecular formula is C18H24N2O2. The van der Waals surface area contributed by atoms with E-state index in [9.17, 15) is 9.59 Å². The maximum Gasteiger partial charge on any atom is 0.253 e. The third-order valence-corrected chi connectivity index (χ3v) is 3.79. The van der Waals surface area contributed by atoms with E-state index >= 15 is 0 Å². The normalized spacial score (nSPS) is 11.1. The van der Waals surface area contributed by atoms with Crippen LogP contribution < -0.4 is 10.9 Å². The third-order valence-electron chi connectivity index (χ3n) is 3.79. The molecule has 0 aliphatic carbocycles. The molecule has 0 aliphatic rings. The summed E-state index contributed by atoms with van der Waals surface area (Å²) in [4.78, 5) is 24.2. The van der Waals surface area contributed by atoms with Crippen molar-refractivity contribution in [2.24, 2.45) is 5.92 Å². The van der Waals surface area contributed by atoms with Gasteiger partial charge in [-0.1, -0.05) is 32.0 Å². The Hall–Kier alpha value is -2.10. The van der Waals surface area contributed by atoms with E-state index in [0.717, 1.165) is 17.3 Å². The van der Waals surface area contributed by atoms with E-state index in [-0.39, 0.29) is 11.5 Å². The molecule has 0 unspecified atom stereocenters. The van der Waals surface area contributed by atoms with Crippen molar-refractivity contribution in [1.82, 2.24) is 9.88 Å². The Labute approximate surface area is 131 Å². The summed E-state index contributed by atoms with van der Waals surface area (Å²) in [6.07, 6.45) is 1.30. The molecule has 1 aromatic heterocycles. The lowest BCUT2D eigenvalue weighted by Gasteiger charge is -2.12. The van der Waals surface area contributed by atoms with Gasteiger partial charge in [-0.2, -0.15) is 0 Å². The van der Waals surface area contributed by atoms with E-state index in [1.54, 1.807) is 4.57 Å².